The maximum Gasteiger partial charge on any atom is 0.346 e. The molecule has 2 heterocycles. The van der Waals surface area contributed by atoms with Gasteiger partial charge >= 0.3 is 5.97 Å². The summed E-state index contributed by atoms with van der Waals surface area (Å²) in [4.78, 5) is 39.3. The van der Waals surface area contributed by atoms with Crippen LogP contribution in [0.15, 0.2) is 4.79 Å². The average Bonchev–Trinajstić information content (AvgIpc) is 2.70. The lowest BCUT2D eigenvalue weighted by Crippen LogP contribution is -2.24. The Balaban J connectivity index is 2.53. The van der Waals surface area contributed by atoms with Gasteiger partial charge in [0.15, 0.2) is 0 Å². The number of aromatic carboxylic acids is 1. The van der Waals surface area contributed by atoms with Crippen molar-refractivity contribution in [2.24, 2.45) is 5.73 Å². The van der Waals surface area contributed by atoms with Crippen molar-refractivity contribution in [3.8, 4) is 0 Å². The molecule has 2 aromatic rings. The van der Waals surface area contributed by atoms with Gasteiger partial charge in [0.05, 0.1) is 5.39 Å². The molecular formula is C13H15N3O4S. The number of fused-ring (bicyclic) bond motifs is 1. The Morgan fingerprint density at radius 3 is 2.62 bits per heavy atom. The molecule has 21 heavy (non-hydrogen) atoms. The van der Waals surface area contributed by atoms with Gasteiger partial charge in [0.25, 0.3) is 5.56 Å². The Bertz CT molecular complexity index is 791. The van der Waals surface area contributed by atoms with Crippen molar-refractivity contribution in [1.82, 2.24) is 9.55 Å². The van der Waals surface area contributed by atoms with Crippen LogP contribution in [-0.4, -0.2) is 26.5 Å². The van der Waals surface area contributed by atoms with E-state index in [1.807, 2.05) is 0 Å². The summed E-state index contributed by atoms with van der Waals surface area (Å²) in [7, 11) is 0. The van der Waals surface area contributed by atoms with Crippen molar-refractivity contribution < 1.29 is 14.7 Å². The number of carbonyl (C=O) groups is 2. The second kappa shape index (κ2) is 5.65. The van der Waals surface area contributed by atoms with Gasteiger partial charge in [0.2, 0.25) is 5.91 Å². The molecule has 2 aromatic heterocycles. The van der Waals surface area contributed by atoms with Gasteiger partial charge in [-0.25, -0.2) is 9.78 Å². The molecule has 0 bridgehead atoms. The van der Waals surface area contributed by atoms with E-state index in [0.717, 1.165) is 11.3 Å². The van der Waals surface area contributed by atoms with E-state index in [4.69, 9.17) is 10.8 Å². The molecule has 7 nitrogen and oxygen atoms in total. The highest BCUT2D eigenvalue weighted by Crippen LogP contribution is 2.27. The quantitative estimate of drug-likeness (QED) is 0.856. The second-order valence-corrected chi connectivity index (χ2v) is 5.73. The summed E-state index contributed by atoms with van der Waals surface area (Å²) in [5.41, 5.74) is 5.24. The molecule has 3 N–H and O–H groups in total. The molecule has 0 aliphatic rings. The number of hydrogen-bond donors (Lipinski definition) is 2. The molecule has 0 unspecified atom stereocenters. The number of rotatable bonds is 5. The Kier molecular flexibility index (Phi) is 4.08. The number of aromatic nitrogens is 2. The van der Waals surface area contributed by atoms with Gasteiger partial charge in [0, 0.05) is 13.0 Å². The molecule has 0 aliphatic carbocycles. The maximum absolute atomic E-state index is 12.5. The molecule has 0 aliphatic heterocycles. The molecule has 0 spiro atoms. The predicted octanol–water partition coefficient (Wildman–Crippen LogP) is 1.04. The van der Waals surface area contributed by atoms with Crippen LogP contribution in [0, 0.1) is 13.8 Å². The third-order valence-electron chi connectivity index (χ3n) is 3.24. The van der Waals surface area contributed by atoms with E-state index in [2.05, 4.69) is 4.98 Å². The van der Waals surface area contributed by atoms with Crippen LogP contribution in [0.1, 0.15) is 33.9 Å². The first kappa shape index (κ1) is 15.2. The van der Waals surface area contributed by atoms with E-state index in [1.165, 1.54) is 4.57 Å². The van der Waals surface area contributed by atoms with Crippen LogP contribution in [0.3, 0.4) is 0 Å². The number of thiophene rings is 1. The number of hydrogen-bond acceptors (Lipinski definition) is 5. The van der Waals surface area contributed by atoms with Gasteiger partial charge in [-0.3, -0.25) is 14.2 Å². The van der Waals surface area contributed by atoms with Gasteiger partial charge in [-0.15, -0.1) is 11.3 Å². The Morgan fingerprint density at radius 2 is 2.05 bits per heavy atom. The number of primary amides is 1. The highest BCUT2D eigenvalue weighted by atomic mass is 32.1. The molecule has 0 saturated heterocycles. The topological polar surface area (TPSA) is 115 Å². The van der Waals surface area contributed by atoms with E-state index in [1.54, 1.807) is 13.8 Å². The maximum atomic E-state index is 12.5. The van der Waals surface area contributed by atoms with Crippen LogP contribution in [0.25, 0.3) is 10.2 Å². The summed E-state index contributed by atoms with van der Waals surface area (Å²) in [5, 5.41) is 9.46. The minimum atomic E-state index is -1.06. The normalized spacial score (nSPS) is 11.0. The number of carboxylic acid groups (broad SMARTS) is 1. The van der Waals surface area contributed by atoms with Crippen LogP contribution in [0.2, 0.25) is 0 Å². The zero-order valence-electron chi connectivity index (χ0n) is 11.7. The molecule has 0 aromatic carbocycles. The number of carbonyl (C=O) groups excluding carboxylic acids is 1. The van der Waals surface area contributed by atoms with E-state index < -0.39 is 11.9 Å². The lowest BCUT2D eigenvalue weighted by molar-refractivity contribution is -0.118. The van der Waals surface area contributed by atoms with Crippen molar-refractivity contribution >= 4 is 33.4 Å². The summed E-state index contributed by atoms with van der Waals surface area (Å²) in [5.74, 6) is -0.988. The van der Waals surface area contributed by atoms with Crippen LogP contribution >= 0.6 is 11.3 Å². The first-order chi connectivity index (χ1) is 9.82. The predicted molar refractivity (Wildman–Crippen MR) is 78.7 cm³/mol. The van der Waals surface area contributed by atoms with Crippen LogP contribution < -0.4 is 11.3 Å². The van der Waals surface area contributed by atoms with Crippen molar-refractivity contribution in [2.45, 2.75) is 33.2 Å². The molecule has 0 saturated carbocycles. The number of nitrogens with two attached hydrogens (primary N) is 1. The van der Waals surface area contributed by atoms with Gasteiger partial charge in [0.1, 0.15) is 15.5 Å². The lowest BCUT2D eigenvalue weighted by atomic mass is 10.2. The highest BCUT2D eigenvalue weighted by Gasteiger charge is 2.19. The molecule has 0 atom stereocenters. The Labute approximate surface area is 124 Å². The van der Waals surface area contributed by atoms with E-state index in [9.17, 15) is 14.4 Å². The molecular weight excluding hydrogens is 294 g/mol. The fraction of sp³-hybridized carbons (Fsp3) is 0.385. The van der Waals surface area contributed by atoms with Crippen LogP contribution in [0.5, 0.6) is 0 Å². The fourth-order valence-electron chi connectivity index (χ4n) is 2.20. The summed E-state index contributed by atoms with van der Waals surface area (Å²) in [6.45, 7) is 3.61. The van der Waals surface area contributed by atoms with E-state index in [-0.39, 0.29) is 16.9 Å². The first-order valence-corrected chi connectivity index (χ1v) is 7.16. The molecule has 1 amide bonds. The van der Waals surface area contributed by atoms with Crippen LogP contribution in [-0.2, 0) is 11.3 Å². The van der Waals surface area contributed by atoms with Crippen molar-refractivity contribution in [2.75, 3.05) is 0 Å². The largest absolute Gasteiger partial charge is 0.477 e. The Morgan fingerprint density at radius 1 is 1.38 bits per heavy atom. The van der Waals surface area contributed by atoms with Gasteiger partial charge in [-0.1, -0.05) is 0 Å². The van der Waals surface area contributed by atoms with Crippen molar-refractivity contribution in [1.29, 1.82) is 0 Å². The third kappa shape index (κ3) is 2.80. The summed E-state index contributed by atoms with van der Waals surface area (Å²) >= 11 is 1.000. The second-order valence-electron chi connectivity index (χ2n) is 4.73. The summed E-state index contributed by atoms with van der Waals surface area (Å²) < 4.78 is 1.45. The fourth-order valence-corrected chi connectivity index (χ4v) is 3.25. The van der Waals surface area contributed by atoms with E-state index in [0.29, 0.717) is 34.6 Å². The van der Waals surface area contributed by atoms with Crippen molar-refractivity contribution in [3.63, 3.8) is 0 Å². The minimum Gasteiger partial charge on any atom is -0.477 e. The monoisotopic (exact) mass is 309 g/mol. The smallest absolute Gasteiger partial charge is 0.346 e. The third-order valence-corrected chi connectivity index (χ3v) is 4.41. The first-order valence-electron chi connectivity index (χ1n) is 6.35. The van der Waals surface area contributed by atoms with Gasteiger partial charge < -0.3 is 10.8 Å². The van der Waals surface area contributed by atoms with E-state index >= 15 is 0 Å². The molecule has 0 fully saturated rings. The summed E-state index contributed by atoms with van der Waals surface area (Å²) in [6, 6.07) is 0. The number of aryl methyl sites for hydroxylation is 2. The molecule has 0 radical (unpaired) electrons. The number of carboxylic acids is 1. The molecule has 112 valence electrons. The number of amides is 1. The average molecular weight is 309 g/mol. The van der Waals surface area contributed by atoms with Crippen LogP contribution in [0.4, 0.5) is 0 Å². The Hall–Kier alpha value is -2.22. The highest BCUT2D eigenvalue weighted by molar-refractivity contribution is 7.20. The molecule has 2 rings (SSSR count). The zero-order chi connectivity index (χ0) is 15.7. The van der Waals surface area contributed by atoms with Gasteiger partial charge in [-0.2, -0.15) is 0 Å². The SMILES string of the molecule is Cc1c(C(=O)O)sc2nc(C)n(CCCC(N)=O)c(=O)c12. The molecule has 8 heteroatoms. The minimum absolute atomic E-state index is 0.129. The summed E-state index contributed by atoms with van der Waals surface area (Å²) in [6.07, 6.45) is 0.630. The number of nitrogens with zero attached hydrogens (tertiary/aromatic N) is 2. The van der Waals surface area contributed by atoms with Gasteiger partial charge in [-0.05, 0) is 25.8 Å². The lowest BCUT2D eigenvalue weighted by Gasteiger charge is -2.08. The standard InChI is InChI=1S/C13H15N3O4S/c1-6-9-11(21-10(6)13(19)20)15-7(2)16(12(9)18)5-3-4-8(14)17/h3-5H2,1-2H3,(H2,14,17)(H,19,20). The van der Waals surface area contributed by atoms with Crippen molar-refractivity contribution in [3.05, 3.63) is 26.6 Å². The zero-order valence-corrected chi connectivity index (χ0v) is 12.5.